The van der Waals surface area contributed by atoms with Gasteiger partial charge in [0.15, 0.2) is 0 Å². The standard InChI is InChI=1S/C24H15ClN2O/c25-18-11-12-19-20(15-18)22(14-16-6-2-1-3-7-16)27(24(19)28)21-10-4-8-17-9-5-13-26-23(17)21/h1-15H/b22-14+. The Morgan fingerprint density at radius 1 is 0.857 bits per heavy atom. The number of hydrogen-bond donors (Lipinski definition) is 0. The number of rotatable bonds is 2. The SMILES string of the molecule is O=C1c2ccc(Cl)cc2/C(=C\c2ccccc2)N1c1cccc2cccnc12. The second kappa shape index (κ2) is 6.63. The molecule has 1 aromatic heterocycles. The number of carbonyl (C=O) groups excluding carboxylic acids is 1. The van der Waals surface area contributed by atoms with Crippen LogP contribution in [0, 0.1) is 0 Å². The van der Waals surface area contributed by atoms with E-state index in [9.17, 15) is 4.79 Å². The number of carbonyl (C=O) groups is 1. The molecule has 5 rings (SSSR count). The van der Waals surface area contributed by atoms with Crippen molar-refractivity contribution in [2.75, 3.05) is 4.90 Å². The Balaban J connectivity index is 1.78. The number of aromatic nitrogens is 1. The number of halogens is 1. The van der Waals surface area contributed by atoms with Gasteiger partial charge in [0.1, 0.15) is 0 Å². The Bertz CT molecular complexity index is 1240. The van der Waals surface area contributed by atoms with Gasteiger partial charge in [0.2, 0.25) is 0 Å². The van der Waals surface area contributed by atoms with E-state index in [1.54, 1.807) is 23.2 Å². The van der Waals surface area contributed by atoms with E-state index in [1.165, 1.54) is 0 Å². The van der Waals surface area contributed by atoms with Crippen LogP contribution in [-0.2, 0) is 0 Å². The number of anilines is 1. The van der Waals surface area contributed by atoms with Crippen molar-refractivity contribution in [1.82, 2.24) is 4.98 Å². The molecular weight excluding hydrogens is 368 g/mol. The molecule has 3 nitrogen and oxygen atoms in total. The smallest absolute Gasteiger partial charge is 0.263 e. The number of para-hydroxylation sites is 1. The van der Waals surface area contributed by atoms with Crippen LogP contribution in [0.15, 0.2) is 85.1 Å². The normalized spacial score (nSPS) is 14.7. The summed E-state index contributed by atoms with van der Waals surface area (Å²) in [7, 11) is 0. The molecule has 4 aromatic rings. The minimum atomic E-state index is -0.0769. The number of hydrogen-bond acceptors (Lipinski definition) is 2. The van der Waals surface area contributed by atoms with Gasteiger partial charge in [0.25, 0.3) is 5.91 Å². The summed E-state index contributed by atoms with van der Waals surface area (Å²) in [5, 5.41) is 1.59. The average Bonchev–Trinajstić information content (AvgIpc) is 2.99. The van der Waals surface area contributed by atoms with Crippen molar-refractivity contribution in [3.05, 3.63) is 107 Å². The van der Waals surface area contributed by atoms with Crippen molar-refractivity contribution >= 4 is 45.9 Å². The highest BCUT2D eigenvalue weighted by molar-refractivity contribution is 6.32. The van der Waals surface area contributed by atoms with E-state index >= 15 is 0 Å². The fourth-order valence-corrected chi connectivity index (χ4v) is 3.79. The van der Waals surface area contributed by atoms with Gasteiger partial charge in [0, 0.05) is 27.7 Å². The average molecular weight is 383 g/mol. The van der Waals surface area contributed by atoms with Crippen LogP contribution in [0.1, 0.15) is 21.5 Å². The molecule has 0 saturated carbocycles. The van der Waals surface area contributed by atoms with Gasteiger partial charge in [-0.3, -0.25) is 14.7 Å². The number of pyridine rings is 1. The van der Waals surface area contributed by atoms with Gasteiger partial charge < -0.3 is 0 Å². The van der Waals surface area contributed by atoms with Crippen LogP contribution in [0.3, 0.4) is 0 Å². The summed E-state index contributed by atoms with van der Waals surface area (Å²) in [5.41, 5.74) is 4.82. The highest BCUT2D eigenvalue weighted by atomic mass is 35.5. The summed E-state index contributed by atoms with van der Waals surface area (Å²) in [6, 6.07) is 25.1. The third-order valence-electron chi connectivity index (χ3n) is 4.89. The fraction of sp³-hybridized carbons (Fsp3) is 0. The van der Waals surface area contributed by atoms with Gasteiger partial charge in [-0.25, -0.2) is 0 Å². The summed E-state index contributed by atoms with van der Waals surface area (Å²) in [6.45, 7) is 0. The number of nitrogens with zero attached hydrogens (tertiary/aromatic N) is 2. The molecule has 134 valence electrons. The number of amides is 1. The van der Waals surface area contributed by atoms with Crippen molar-refractivity contribution in [1.29, 1.82) is 0 Å². The molecule has 0 radical (unpaired) electrons. The first-order valence-corrected chi connectivity index (χ1v) is 9.35. The van der Waals surface area contributed by atoms with Gasteiger partial charge in [-0.1, -0.05) is 60.1 Å². The van der Waals surface area contributed by atoms with Crippen LogP contribution in [0.2, 0.25) is 5.02 Å². The van der Waals surface area contributed by atoms with Gasteiger partial charge in [-0.05, 0) is 42.0 Å². The first-order valence-electron chi connectivity index (χ1n) is 8.97. The van der Waals surface area contributed by atoms with Crippen molar-refractivity contribution in [2.24, 2.45) is 0 Å². The number of fused-ring (bicyclic) bond motifs is 2. The van der Waals surface area contributed by atoms with Crippen LogP contribution in [0.4, 0.5) is 5.69 Å². The van der Waals surface area contributed by atoms with E-state index in [0.29, 0.717) is 10.6 Å². The highest BCUT2D eigenvalue weighted by Gasteiger charge is 2.34. The van der Waals surface area contributed by atoms with Gasteiger partial charge in [-0.15, -0.1) is 0 Å². The summed E-state index contributed by atoms with van der Waals surface area (Å²) in [5.74, 6) is -0.0769. The molecule has 4 heteroatoms. The minimum Gasteiger partial charge on any atom is -0.274 e. The summed E-state index contributed by atoms with van der Waals surface area (Å²) in [4.78, 5) is 19.6. The van der Waals surface area contributed by atoms with Crippen LogP contribution in [-0.4, -0.2) is 10.9 Å². The molecule has 3 aromatic carbocycles. The molecule has 0 aliphatic carbocycles. The summed E-state index contributed by atoms with van der Waals surface area (Å²) >= 11 is 6.26. The summed E-state index contributed by atoms with van der Waals surface area (Å²) < 4.78 is 0. The third kappa shape index (κ3) is 2.68. The molecule has 0 atom stereocenters. The Labute approximate surface area is 167 Å². The molecule has 2 heterocycles. The van der Waals surface area contributed by atoms with Crippen LogP contribution < -0.4 is 4.90 Å². The molecule has 0 unspecified atom stereocenters. The minimum absolute atomic E-state index is 0.0769. The topological polar surface area (TPSA) is 33.2 Å². The van der Waals surface area contributed by atoms with Gasteiger partial charge in [0.05, 0.1) is 16.9 Å². The largest absolute Gasteiger partial charge is 0.274 e. The van der Waals surface area contributed by atoms with Crippen LogP contribution >= 0.6 is 11.6 Å². The van der Waals surface area contributed by atoms with E-state index in [0.717, 1.165) is 33.4 Å². The first kappa shape index (κ1) is 16.7. The van der Waals surface area contributed by atoms with Crippen molar-refractivity contribution in [2.45, 2.75) is 0 Å². The zero-order valence-corrected chi connectivity index (χ0v) is 15.6. The lowest BCUT2D eigenvalue weighted by Crippen LogP contribution is -2.22. The second-order valence-corrected chi connectivity index (χ2v) is 7.06. The molecule has 0 fully saturated rings. The first-order chi connectivity index (χ1) is 13.7. The molecule has 0 spiro atoms. The molecular formula is C24H15ClN2O. The lowest BCUT2D eigenvalue weighted by Gasteiger charge is -2.20. The van der Waals surface area contributed by atoms with E-state index in [-0.39, 0.29) is 5.91 Å². The third-order valence-corrected chi connectivity index (χ3v) is 5.12. The van der Waals surface area contributed by atoms with Crippen molar-refractivity contribution < 1.29 is 4.79 Å². The van der Waals surface area contributed by atoms with Crippen LogP contribution in [0.5, 0.6) is 0 Å². The van der Waals surface area contributed by atoms with Gasteiger partial charge in [-0.2, -0.15) is 0 Å². The fourth-order valence-electron chi connectivity index (χ4n) is 3.62. The zero-order chi connectivity index (χ0) is 19.1. The second-order valence-electron chi connectivity index (χ2n) is 6.62. The van der Waals surface area contributed by atoms with Crippen LogP contribution in [0.25, 0.3) is 22.7 Å². The van der Waals surface area contributed by atoms with Crippen molar-refractivity contribution in [3.8, 4) is 0 Å². The molecule has 1 aliphatic heterocycles. The lowest BCUT2D eigenvalue weighted by atomic mass is 10.1. The molecule has 0 bridgehead atoms. The zero-order valence-electron chi connectivity index (χ0n) is 14.8. The van der Waals surface area contributed by atoms with Crippen molar-refractivity contribution in [3.63, 3.8) is 0 Å². The highest BCUT2D eigenvalue weighted by Crippen LogP contribution is 2.41. The van der Waals surface area contributed by atoms with E-state index in [1.807, 2.05) is 72.8 Å². The predicted molar refractivity (Wildman–Crippen MR) is 114 cm³/mol. The molecule has 0 N–H and O–H groups in total. The Hall–Kier alpha value is -3.43. The molecule has 1 amide bonds. The van der Waals surface area contributed by atoms with E-state index in [2.05, 4.69) is 4.98 Å². The Morgan fingerprint density at radius 2 is 1.68 bits per heavy atom. The monoisotopic (exact) mass is 382 g/mol. The Morgan fingerprint density at radius 3 is 2.54 bits per heavy atom. The maximum atomic E-state index is 13.4. The maximum absolute atomic E-state index is 13.4. The summed E-state index contributed by atoms with van der Waals surface area (Å²) in [6.07, 6.45) is 3.76. The molecule has 1 aliphatic rings. The molecule has 28 heavy (non-hydrogen) atoms. The maximum Gasteiger partial charge on any atom is 0.263 e. The van der Waals surface area contributed by atoms with E-state index < -0.39 is 0 Å². The van der Waals surface area contributed by atoms with E-state index in [4.69, 9.17) is 11.6 Å². The molecule has 0 saturated heterocycles. The quantitative estimate of drug-likeness (QED) is 0.423. The number of benzene rings is 3. The lowest BCUT2D eigenvalue weighted by molar-refractivity contribution is 0.101. The Kier molecular flexibility index (Phi) is 3.96. The van der Waals surface area contributed by atoms with Gasteiger partial charge >= 0.3 is 0 Å². The predicted octanol–water partition coefficient (Wildman–Crippen LogP) is 6.05.